The Balaban J connectivity index is 0.00000261. The van der Waals surface area contributed by atoms with Crippen LogP contribution in [0.15, 0.2) is 46.8 Å². The predicted octanol–water partition coefficient (Wildman–Crippen LogP) is 4.46. The van der Waals surface area contributed by atoms with E-state index in [-0.39, 0.29) is 24.0 Å². The Labute approximate surface area is 184 Å². The average molecular weight is 498 g/mol. The number of hydrogen-bond acceptors (Lipinski definition) is 3. The van der Waals surface area contributed by atoms with Crippen LogP contribution < -0.4 is 10.6 Å². The van der Waals surface area contributed by atoms with E-state index in [4.69, 9.17) is 0 Å². The number of aliphatic imine (C=N–C) groups is 1. The molecule has 0 spiro atoms. The van der Waals surface area contributed by atoms with Gasteiger partial charge in [0.15, 0.2) is 5.96 Å². The maximum absolute atomic E-state index is 4.35. The third-order valence-corrected chi connectivity index (χ3v) is 5.81. The third kappa shape index (κ3) is 7.08. The fourth-order valence-corrected chi connectivity index (χ4v) is 4.18. The molecule has 0 aliphatic carbocycles. The van der Waals surface area contributed by atoms with Crippen LogP contribution in [0.2, 0.25) is 0 Å². The van der Waals surface area contributed by atoms with Crippen molar-refractivity contribution < 1.29 is 0 Å². The predicted molar refractivity (Wildman–Crippen MR) is 127 cm³/mol. The highest BCUT2D eigenvalue weighted by atomic mass is 127. The van der Waals surface area contributed by atoms with Crippen LogP contribution in [0.3, 0.4) is 0 Å². The van der Waals surface area contributed by atoms with Gasteiger partial charge in [0.1, 0.15) is 0 Å². The molecule has 1 atom stereocenters. The minimum absolute atomic E-state index is 0. The first-order valence-electron chi connectivity index (χ1n) is 9.50. The molecule has 2 aromatic rings. The molecule has 0 amide bonds. The monoisotopic (exact) mass is 498 g/mol. The van der Waals surface area contributed by atoms with E-state index < -0.39 is 0 Å². The molecule has 1 aromatic heterocycles. The Morgan fingerprint density at radius 2 is 1.93 bits per heavy atom. The largest absolute Gasteiger partial charge is 0.352 e. The number of nitrogens with one attached hydrogen (secondary N) is 2. The van der Waals surface area contributed by atoms with Gasteiger partial charge in [-0.25, -0.2) is 0 Å². The zero-order valence-corrected chi connectivity index (χ0v) is 19.4. The number of thiophene rings is 1. The molecule has 1 aliphatic heterocycles. The van der Waals surface area contributed by atoms with Crippen molar-refractivity contribution in [2.75, 3.05) is 20.1 Å². The highest BCUT2D eigenvalue weighted by Crippen LogP contribution is 2.19. The van der Waals surface area contributed by atoms with Gasteiger partial charge in [-0.05, 0) is 47.9 Å². The molecule has 1 saturated heterocycles. The number of piperidine rings is 1. The van der Waals surface area contributed by atoms with E-state index >= 15 is 0 Å². The molecule has 2 heterocycles. The summed E-state index contributed by atoms with van der Waals surface area (Å²) in [5.41, 5.74) is 2.77. The smallest absolute Gasteiger partial charge is 0.191 e. The van der Waals surface area contributed by atoms with Gasteiger partial charge in [0.2, 0.25) is 0 Å². The van der Waals surface area contributed by atoms with Gasteiger partial charge in [-0.2, -0.15) is 0 Å². The SMILES string of the molecule is CN=C(NCc1cccs1)NCc1ccccc1CN1CCCC(C)C1.I. The van der Waals surface area contributed by atoms with E-state index in [2.05, 4.69) is 69.2 Å². The van der Waals surface area contributed by atoms with Crippen molar-refractivity contribution in [2.24, 2.45) is 10.9 Å². The van der Waals surface area contributed by atoms with Crippen LogP contribution in [0.25, 0.3) is 0 Å². The lowest BCUT2D eigenvalue weighted by Gasteiger charge is -2.31. The molecule has 148 valence electrons. The van der Waals surface area contributed by atoms with Crippen molar-refractivity contribution in [1.82, 2.24) is 15.5 Å². The van der Waals surface area contributed by atoms with Crippen LogP contribution in [-0.4, -0.2) is 31.0 Å². The Bertz CT molecular complexity index is 702. The average Bonchev–Trinajstić information content (AvgIpc) is 3.17. The summed E-state index contributed by atoms with van der Waals surface area (Å²) >= 11 is 1.76. The number of rotatable bonds is 6. The summed E-state index contributed by atoms with van der Waals surface area (Å²) in [5.74, 6) is 1.66. The van der Waals surface area contributed by atoms with Crippen LogP contribution in [0.1, 0.15) is 35.8 Å². The highest BCUT2D eigenvalue weighted by molar-refractivity contribution is 14.0. The molecular weight excluding hydrogens is 467 g/mol. The number of likely N-dealkylation sites (tertiary alicyclic amines) is 1. The van der Waals surface area contributed by atoms with Crippen LogP contribution in [0.5, 0.6) is 0 Å². The first kappa shape index (κ1) is 22.2. The second-order valence-corrected chi connectivity index (χ2v) is 8.14. The number of benzene rings is 1. The molecule has 3 rings (SSSR count). The fourth-order valence-electron chi connectivity index (χ4n) is 3.54. The topological polar surface area (TPSA) is 39.7 Å². The van der Waals surface area contributed by atoms with Gasteiger partial charge in [-0.3, -0.25) is 9.89 Å². The quantitative estimate of drug-likeness (QED) is 0.351. The lowest BCUT2D eigenvalue weighted by Crippen LogP contribution is -2.37. The Hall–Kier alpha value is -1.12. The van der Waals surface area contributed by atoms with E-state index in [1.807, 2.05) is 7.05 Å². The number of guanidine groups is 1. The molecular formula is C21H31IN4S. The summed E-state index contributed by atoms with van der Waals surface area (Å²) in [5, 5.41) is 8.95. The van der Waals surface area contributed by atoms with Crippen LogP contribution in [0.4, 0.5) is 0 Å². The maximum atomic E-state index is 4.35. The van der Waals surface area contributed by atoms with Crippen LogP contribution in [0, 0.1) is 5.92 Å². The summed E-state index contributed by atoms with van der Waals surface area (Å²) in [6.45, 7) is 7.45. The Morgan fingerprint density at radius 3 is 2.63 bits per heavy atom. The van der Waals surface area contributed by atoms with E-state index in [9.17, 15) is 0 Å². The van der Waals surface area contributed by atoms with Crippen LogP contribution >= 0.6 is 35.3 Å². The first-order chi connectivity index (χ1) is 12.7. The molecule has 2 N–H and O–H groups in total. The molecule has 1 aliphatic rings. The molecule has 0 radical (unpaired) electrons. The second-order valence-electron chi connectivity index (χ2n) is 7.11. The van der Waals surface area contributed by atoms with E-state index in [0.717, 1.165) is 31.5 Å². The van der Waals surface area contributed by atoms with Crippen molar-refractivity contribution in [3.63, 3.8) is 0 Å². The van der Waals surface area contributed by atoms with Gasteiger partial charge in [-0.1, -0.05) is 37.3 Å². The summed E-state index contributed by atoms with van der Waals surface area (Å²) in [6.07, 6.45) is 2.69. The number of hydrogen-bond donors (Lipinski definition) is 2. The lowest BCUT2D eigenvalue weighted by molar-refractivity contribution is 0.176. The lowest BCUT2D eigenvalue weighted by atomic mass is 9.99. The van der Waals surface area contributed by atoms with Crippen molar-refractivity contribution in [1.29, 1.82) is 0 Å². The summed E-state index contributed by atoms with van der Waals surface area (Å²) in [4.78, 5) is 8.25. The normalized spacial score (nSPS) is 18.0. The van der Waals surface area contributed by atoms with Crippen molar-refractivity contribution >= 4 is 41.3 Å². The van der Waals surface area contributed by atoms with E-state index in [1.165, 1.54) is 41.9 Å². The zero-order chi connectivity index (χ0) is 18.2. The molecule has 6 heteroatoms. The molecule has 0 bridgehead atoms. The van der Waals surface area contributed by atoms with Crippen molar-refractivity contribution in [3.8, 4) is 0 Å². The van der Waals surface area contributed by atoms with Crippen molar-refractivity contribution in [2.45, 2.75) is 39.4 Å². The molecule has 0 saturated carbocycles. The van der Waals surface area contributed by atoms with Gasteiger partial charge in [0, 0.05) is 31.6 Å². The highest BCUT2D eigenvalue weighted by Gasteiger charge is 2.17. The fraction of sp³-hybridized carbons (Fsp3) is 0.476. The molecule has 4 nitrogen and oxygen atoms in total. The van der Waals surface area contributed by atoms with Gasteiger partial charge in [0.25, 0.3) is 0 Å². The third-order valence-electron chi connectivity index (χ3n) is 4.93. The van der Waals surface area contributed by atoms with Gasteiger partial charge < -0.3 is 10.6 Å². The van der Waals surface area contributed by atoms with Crippen molar-refractivity contribution in [3.05, 3.63) is 57.8 Å². The zero-order valence-electron chi connectivity index (χ0n) is 16.3. The molecule has 1 fully saturated rings. The molecule has 27 heavy (non-hydrogen) atoms. The van der Waals surface area contributed by atoms with E-state index in [0.29, 0.717) is 0 Å². The minimum Gasteiger partial charge on any atom is -0.352 e. The number of halogens is 1. The first-order valence-corrected chi connectivity index (χ1v) is 10.4. The molecule has 1 unspecified atom stereocenters. The van der Waals surface area contributed by atoms with Gasteiger partial charge >= 0.3 is 0 Å². The summed E-state index contributed by atoms with van der Waals surface area (Å²) in [7, 11) is 1.82. The summed E-state index contributed by atoms with van der Waals surface area (Å²) in [6, 6.07) is 13.0. The summed E-state index contributed by atoms with van der Waals surface area (Å²) < 4.78 is 0. The standard InChI is InChI=1S/C21H30N4S.HI/c1-17-7-5-11-25(15-17)16-19-9-4-3-8-18(19)13-23-21(22-2)24-14-20-10-6-12-26-20;/h3-4,6,8-10,12,17H,5,7,11,13-16H2,1-2H3,(H2,22,23,24);1H. The number of nitrogens with zero attached hydrogens (tertiary/aromatic N) is 2. The molecule has 1 aromatic carbocycles. The van der Waals surface area contributed by atoms with Gasteiger partial charge in [0.05, 0.1) is 6.54 Å². The van der Waals surface area contributed by atoms with E-state index in [1.54, 1.807) is 11.3 Å². The van der Waals surface area contributed by atoms with Gasteiger partial charge in [-0.15, -0.1) is 35.3 Å². The maximum Gasteiger partial charge on any atom is 0.191 e. The second kappa shape index (κ2) is 11.7. The minimum atomic E-state index is 0. The Morgan fingerprint density at radius 1 is 1.15 bits per heavy atom. The van der Waals surface area contributed by atoms with Crippen LogP contribution in [-0.2, 0) is 19.6 Å². The Kier molecular flexibility index (Phi) is 9.58.